The Morgan fingerprint density at radius 2 is 1.80 bits per heavy atom. The van der Waals surface area contributed by atoms with Crippen molar-refractivity contribution in [1.29, 1.82) is 0 Å². The fourth-order valence-electron chi connectivity index (χ4n) is 3.13. The molecule has 0 saturated heterocycles. The van der Waals surface area contributed by atoms with E-state index in [1.54, 1.807) is 6.07 Å². The number of hydrogen-bond donors (Lipinski definition) is 1. The van der Waals surface area contributed by atoms with Crippen LogP contribution >= 0.6 is 0 Å². The summed E-state index contributed by atoms with van der Waals surface area (Å²) in [5, 5.41) is 3.30. The van der Waals surface area contributed by atoms with Gasteiger partial charge in [0.1, 0.15) is 5.82 Å². The molecule has 0 spiro atoms. The molecule has 0 bridgehead atoms. The molecule has 0 fully saturated rings. The summed E-state index contributed by atoms with van der Waals surface area (Å²) in [5.74, 6) is -1.01. The normalized spacial score (nSPS) is 13.5. The monoisotopic (exact) mass is 337 g/mol. The average molecular weight is 337 g/mol. The molecule has 2 heterocycles. The Bertz CT molecular complexity index is 910. The highest BCUT2D eigenvalue weighted by molar-refractivity contribution is 5.64. The number of nitrogens with one attached hydrogen (secondary N) is 1. The third kappa shape index (κ3) is 3.28. The van der Waals surface area contributed by atoms with Crippen LogP contribution in [0.15, 0.2) is 48.5 Å². The van der Waals surface area contributed by atoms with Crippen LogP contribution in [0.2, 0.25) is 0 Å². The number of aromatic nitrogens is 2. The second-order valence-electron chi connectivity index (χ2n) is 6.13. The van der Waals surface area contributed by atoms with Gasteiger partial charge in [-0.05, 0) is 23.8 Å². The Morgan fingerprint density at radius 3 is 2.60 bits per heavy atom. The summed E-state index contributed by atoms with van der Waals surface area (Å²) in [6.45, 7) is 1.49. The summed E-state index contributed by atoms with van der Waals surface area (Å²) < 4.78 is 27.0. The fraction of sp³-hybridized carbons (Fsp3) is 0.200. The highest BCUT2D eigenvalue weighted by atomic mass is 19.2. The lowest BCUT2D eigenvalue weighted by Crippen LogP contribution is -2.26. The van der Waals surface area contributed by atoms with Gasteiger partial charge in [-0.3, -0.25) is 0 Å². The van der Waals surface area contributed by atoms with Crippen molar-refractivity contribution in [3.8, 4) is 11.3 Å². The summed E-state index contributed by atoms with van der Waals surface area (Å²) in [4.78, 5) is 9.40. The molecule has 126 valence electrons. The van der Waals surface area contributed by atoms with Crippen molar-refractivity contribution in [1.82, 2.24) is 15.3 Å². The summed E-state index contributed by atoms with van der Waals surface area (Å²) in [5.41, 5.74) is 4.33. The Balaban J connectivity index is 1.81. The molecule has 4 rings (SSSR count). The van der Waals surface area contributed by atoms with Gasteiger partial charge in [0.2, 0.25) is 0 Å². The van der Waals surface area contributed by atoms with E-state index in [2.05, 4.69) is 10.3 Å². The van der Waals surface area contributed by atoms with Gasteiger partial charge in [0.15, 0.2) is 11.6 Å². The first kappa shape index (κ1) is 15.8. The molecule has 0 unspecified atom stereocenters. The van der Waals surface area contributed by atoms with Crippen molar-refractivity contribution in [2.24, 2.45) is 0 Å². The molecule has 0 atom stereocenters. The number of nitrogens with zero attached hydrogens (tertiary/aromatic N) is 2. The van der Waals surface area contributed by atoms with Crippen LogP contribution in [0.1, 0.15) is 22.6 Å². The van der Waals surface area contributed by atoms with Crippen molar-refractivity contribution in [3.63, 3.8) is 0 Å². The van der Waals surface area contributed by atoms with Crippen LogP contribution < -0.4 is 5.32 Å². The first-order chi connectivity index (χ1) is 12.2. The number of benzene rings is 2. The molecule has 25 heavy (non-hydrogen) atoms. The molecular weight excluding hydrogens is 320 g/mol. The Kier molecular flexibility index (Phi) is 4.24. The van der Waals surface area contributed by atoms with E-state index in [9.17, 15) is 8.78 Å². The van der Waals surface area contributed by atoms with Crippen LogP contribution in [0.3, 0.4) is 0 Å². The molecule has 0 amide bonds. The maximum absolute atomic E-state index is 13.7. The lowest BCUT2D eigenvalue weighted by atomic mass is 9.99. The zero-order chi connectivity index (χ0) is 17.2. The summed E-state index contributed by atoms with van der Waals surface area (Å²) in [7, 11) is 0. The summed E-state index contributed by atoms with van der Waals surface area (Å²) in [6, 6.07) is 13.9. The minimum absolute atomic E-state index is 0.579. The quantitative estimate of drug-likeness (QED) is 0.793. The highest BCUT2D eigenvalue weighted by Crippen LogP contribution is 2.27. The molecule has 1 N–H and O–H groups in total. The van der Waals surface area contributed by atoms with Gasteiger partial charge in [0.05, 0.1) is 11.4 Å². The van der Waals surface area contributed by atoms with Crippen LogP contribution in [0.4, 0.5) is 8.78 Å². The molecule has 0 saturated carbocycles. The minimum Gasteiger partial charge on any atom is -0.312 e. The van der Waals surface area contributed by atoms with Crippen molar-refractivity contribution < 1.29 is 8.78 Å². The van der Waals surface area contributed by atoms with E-state index < -0.39 is 11.6 Å². The first-order valence-corrected chi connectivity index (χ1v) is 8.29. The topological polar surface area (TPSA) is 37.8 Å². The Labute approximate surface area is 144 Å². The molecule has 1 aromatic heterocycles. The van der Waals surface area contributed by atoms with Crippen molar-refractivity contribution in [2.45, 2.75) is 19.4 Å². The molecular formula is C20H17F2N3. The molecule has 0 aliphatic carbocycles. The van der Waals surface area contributed by atoms with E-state index in [0.717, 1.165) is 35.9 Å². The zero-order valence-corrected chi connectivity index (χ0v) is 13.6. The molecule has 2 aromatic carbocycles. The van der Waals surface area contributed by atoms with Crippen LogP contribution in [0, 0.1) is 11.6 Å². The van der Waals surface area contributed by atoms with Crippen LogP contribution in [0.5, 0.6) is 0 Å². The molecule has 5 heteroatoms. The SMILES string of the molecule is Fc1ccc(-c2nc(Cc3ccccc3)nc3c2CNCC3)cc1F. The van der Waals surface area contributed by atoms with Gasteiger partial charge in [-0.25, -0.2) is 18.7 Å². The number of halogens is 2. The van der Waals surface area contributed by atoms with E-state index in [0.29, 0.717) is 30.0 Å². The third-order valence-electron chi connectivity index (χ3n) is 4.38. The zero-order valence-electron chi connectivity index (χ0n) is 13.6. The first-order valence-electron chi connectivity index (χ1n) is 8.29. The Morgan fingerprint density at radius 1 is 0.960 bits per heavy atom. The van der Waals surface area contributed by atoms with Crippen LogP contribution in [-0.2, 0) is 19.4 Å². The van der Waals surface area contributed by atoms with Gasteiger partial charge < -0.3 is 5.32 Å². The van der Waals surface area contributed by atoms with Crippen LogP contribution in [-0.4, -0.2) is 16.5 Å². The third-order valence-corrected chi connectivity index (χ3v) is 4.38. The van der Waals surface area contributed by atoms with E-state index in [1.807, 2.05) is 30.3 Å². The highest BCUT2D eigenvalue weighted by Gasteiger charge is 2.19. The average Bonchev–Trinajstić information content (AvgIpc) is 2.64. The predicted octanol–water partition coefficient (Wildman–Crippen LogP) is 3.66. The maximum Gasteiger partial charge on any atom is 0.159 e. The lowest BCUT2D eigenvalue weighted by molar-refractivity contribution is 0.509. The second kappa shape index (κ2) is 6.69. The molecule has 3 aromatic rings. The number of rotatable bonds is 3. The van der Waals surface area contributed by atoms with Gasteiger partial charge in [-0.1, -0.05) is 30.3 Å². The maximum atomic E-state index is 13.7. The molecule has 3 nitrogen and oxygen atoms in total. The minimum atomic E-state index is -0.863. The summed E-state index contributed by atoms with van der Waals surface area (Å²) >= 11 is 0. The largest absolute Gasteiger partial charge is 0.312 e. The number of fused-ring (bicyclic) bond motifs is 1. The van der Waals surface area contributed by atoms with Gasteiger partial charge in [0, 0.05) is 37.1 Å². The van der Waals surface area contributed by atoms with Crippen molar-refractivity contribution in [2.75, 3.05) is 6.54 Å². The van der Waals surface area contributed by atoms with Crippen molar-refractivity contribution in [3.05, 3.63) is 82.8 Å². The van der Waals surface area contributed by atoms with E-state index in [1.165, 1.54) is 6.07 Å². The molecule has 0 radical (unpaired) electrons. The van der Waals surface area contributed by atoms with Gasteiger partial charge in [0.25, 0.3) is 0 Å². The van der Waals surface area contributed by atoms with Crippen LogP contribution in [0.25, 0.3) is 11.3 Å². The van der Waals surface area contributed by atoms with Gasteiger partial charge >= 0.3 is 0 Å². The van der Waals surface area contributed by atoms with E-state index in [4.69, 9.17) is 4.98 Å². The Hall–Kier alpha value is -2.66. The van der Waals surface area contributed by atoms with Gasteiger partial charge in [-0.15, -0.1) is 0 Å². The van der Waals surface area contributed by atoms with Gasteiger partial charge in [-0.2, -0.15) is 0 Å². The standard InChI is InChI=1S/C20H17F2N3/c21-16-7-6-14(11-17(16)22)20-15-12-23-9-8-18(15)24-19(25-20)10-13-4-2-1-3-5-13/h1-7,11,23H,8-10,12H2. The second-order valence-corrected chi connectivity index (χ2v) is 6.13. The van der Waals surface area contributed by atoms with Crippen molar-refractivity contribution >= 4 is 0 Å². The predicted molar refractivity (Wildman–Crippen MR) is 92.0 cm³/mol. The fourth-order valence-corrected chi connectivity index (χ4v) is 3.13. The summed E-state index contributed by atoms with van der Waals surface area (Å²) in [6.07, 6.45) is 1.41. The lowest BCUT2D eigenvalue weighted by Gasteiger charge is -2.20. The van der Waals surface area contributed by atoms with E-state index >= 15 is 0 Å². The molecule has 1 aliphatic heterocycles. The smallest absolute Gasteiger partial charge is 0.159 e. The number of hydrogen-bond acceptors (Lipinski definition) is 3. The molecule has 1 aliphatic rings. The van der Waals surface area contributed by atoms with E-state index in [-0.39, 0.29) is 0 Å².